The van der Waals surface area contributed by atoms with Crippen LogP contribution >= 0.6 is 11.3 Å². The molecular weight excluding hydrogens is 338 g/mol. The van der Waals surface area contributed by atoms with E-state index in [9.17, 15) is 9.59 Å². The van der Waals surface area contributed by atoms with E-state index in [2.05, 4.69) is 15.5 Å². The van der Waals surface area contributed by atoms with Crippen molar-refractivity contribution in [3.05, 3.63) is 39.3 Å². The first kappa shape index (κ1) is 16.3. The van der Waals surface area contributed by atoms with Crippen molar-refractivity contribution >= 4 is 23.2 Å². The molecule has 4 heterocycles. The number of aromatic nitrogens is 2. The van der Waals surface area contributed by atoms with Crippen LogP contribution in [-0.2, 0) is 13.0 Å². The maximum atomic E-state index is 12.9. The van der Waals surface area contributed by atoms with Crippen LogP contribution in [0.3, 0.4) is 0 Å². The molecule has 25 heavy (non-hydrogen) atoms. The summed E-state index contributed by atoms with van der Waals surface area (Å²) in [5, 5.41) is 14.3. The predicted octanol–water partition coefficient (Wildman–Crippen LogP) is 1.11. The zero-order valence-electron chi connectivity index (χ0n) is 14.0. The second kappa shape index (κ2) is 6.97. The molecule has 2 aliphatic heterocycles. The number of nitrogens with zero attached hydrogens (tertiary/aromatic N) is 3. The van der Waals surface area contributed by atoms with Crippen LogP contribution in [0.1, 0.15) is 38.5 Å². The molecule has 2 aromatic rings. The number of nitrogens with one attached hydrogen (secondary N) is 2. The molecule has 7 nitrogen and oxygen atoms in total. The average Bonchev–Trinajstić information content (AvgIpc) is 3.25. The highest BCUT2D eigenvalue weighted by atomic mass is 32.1. The molecule has 0 atom stereocenters. The van der Waals surface area contributed by atoms with Crippen molar-refractivity contribution in [1.29, 1.82) is 0 Å². The van der Waals surface area contributed by atoms with E-state index < -0.39 is 0 Å². The zero-order chi connectivity index (χ0) is 17.2. The molecule has 0 bridgehead atoms. The summed E-state index contributed by atoms with van der Waals surface area (Å²) in [5.41, 5.74) is 3.31. The molecule has 1 saturated heterocycles. The van der Waals surface area contributed by atoms with Crippen LogP contribution in [0, 0.1) is 0 Å². The Morgan fingerprint density at radius 2 is 1.92 bits per heavy atom. The van der Waals surface area contributed by atoms with Crippen LogP contribution < -0.4 is 5.32 Å². The van der Waals surface area contributed by atoms with Crippen LogP contribution in [0.2, 0.25) is 0 Å². The fraction of sp³-hybridized carbons (Fsp3) is 0.471. The number of fused-ring (bicyclic) bond motifs is 1. The maximum Gasteiger partial charge on any atom is 0.274 e. The number of hydrogen-bond acceptors (Lipinski definition) is 5. The van der Waals surface area contributed by atoms with Gasteiger partial charge in [-0.15, -0.1) is 0 Å². The molecule has 0 aliphatic carbocycles. The summed E-state index contributed by atoms with van der Waals surface area (Å²) < 4.78 is 0. The average molecular weight is 359 g/mol. The van der Waals surface area contributed by atoms with Gasteiger partial charge >= 0.3 is 0 Å². The van der Waals surface area contributed by atoms with Crippen molar-refractivity contribution in [2.45, 2.75) is 19.4 Å². The molecule has 2 aliphatic rings. The van der Waals surface area contributed by atoms with Gasteiger partial charge in [0.2, 0.25) is 0 Å². The van der Waals surface area contributed by atoms with E-state index in [0.29, 0.717) is 38.4 Å². The Kier molecular flexibility index (Phi) is 4.54. The molecular formula is C17H21N5O2S. The molecule has 2 amide bonds. The molecule has 0 spiro atoms. The molecule has 2 aromatic heterocycles. The molecule has 8 heteroatoms. The summed E-state index contributed by atoms with van der Waals surface area (Å²) >= 11 is 1.52. The number of H-pyrrole nitrogens is 1. The highest BCUT2D eigenvalue weighted by Crippen LogP contribution is 2.18. The number of hydrogen-bond donors (Lipinski definition) is 2. The van der Waals surface area contributed by atoms with Gasteiger partial charge in [0.05, 0.1) is 5.56 Å². The third-order valence-corrected chi connectivity index (χ3v) is 5.53. The molecule has 0 aromatic carbocycles. The van der Waals surface area contributed by atoms with Crippen LogP contribution in [0.15, 0.2) is 16.8 Å². The first-order valence-corrected chi connectivity index (χ1v) is 9.56. The van der Waals surface area contributed by atoms with E-state index in [0.717, 1.165) is 36.2 Å². The van der Waals surface area contributed by atoms with Gasteiger partial charge in [-0.05, 0) is 17.9 Å². The van der Waals surface area contributed by atoms with Crippen molar-refractivity contribution in [2.24, 2.45) is 0 Å². The molecule has 0 saturated carbocycles. The highest BCUT2D eigenvalue weighted by molar-refractivity contribution is 7.08. The lowest BCUT2D eigenvalue weighted by molar-refractivity contribution is 0.0715. The second-order valence-corrected chi connectivity index (χ2v) is 7.19. The van der Waals surface area contributed by atoms with E-state index in [1.807, 2.05) is 26.6 Å². The summed E-state index contributed by atoms with van der Waals surface area (Å²) in [7, 11) is 0. The Morgan fingerprint density at radius 1 is 1.12 bits per heavy atom. The fourth-order valence-corrected chi connectivity index (χ4v) is 4.07. The van der Waals surface area contributed by atoms with Gasteiger partial charge in [-0.3, -0.25) is 14.7 Å². The Balaban J connectivity index is 1.45. The first-order chi connectivity index (χ1) is 12.2. The zero-order valence-corrected chi connectivity index (χ0v) is 14.8. The minimum absolute atomic E-state index is 0.0361. The number of aromatic amines is 1. The molecule has 132 valence electrons. The van der Waals surface area contributed by atoms with Crippen molar-refractivity contribution < 1.29 is 9.59 Å². The van der Waals surface area contributed by atoms with Gasteiger partial charge in [-0.1, -0.05) is 0 Å². The van der Waals surface area contributed by atoms with E-state index in [4.69, 9.17) is 0 Å². The van der Waals surface area contributed by atoms with Crippen molar-refractivity contribution in [3.8, 4) is 0 Å². The smallest absolute Gasteiger partial charge is 0.274 e. The maximum absolute atomic E-state index is 12.9. The van der Waals surface area contributed by atoms with Gasteiger partial charge in [-0.25, -0.2) is 0 Å². The molecule has 0 unspecified atom stereocenters. The first-order valence-electron chi connectivity index (χ1n) is 8.61. The summed E-state index contributed by atoms with van der Waals surface area (Å²) in [6.45, 7) is 4.03. The standard InChI is InChI=1S/C17H21N5O2S/c23-16(12-3-9-25-11-12)21-5-1-6-22(8-7-21)17(24)15-13-10-18-4-2-14(13)19-20-15/h3,9,11,18H,1-2,4-8,10H2,(H,19,20). The van der Waals surface area contributed by atoms with E-state index in [1.54, 1.807) is 0 Å². The van der Waals surface area contributed by atoms with E-state index in [1.165, 1.54) is 11.3 Å². The SMILES string of the molecule is O=C(c1ccsc1)N1CCCN(C(=O)c2n[nH]c3c2CNCC3)CC1. The quantitative estimate of drug-likeness (QED) is 0.842. The monoisotopic (exact) mass is 359 g/mol. The summed E-state index contributed by atoms with van der Waals surface area (Å²) in [4.78, 5) is 29.1. The summed E-state index contributed by atoms with van der Waals surface area (Å²) in [5.74, 6) is 0.0166. The van der Waals surface area contributed by atoms with Crippen LogP contribution in [-0.4, -0.2) is 64.5 Å². The van der Waals surface area contributed by atoms with Gasteiger partial charge in [0, 0.05) is 62.3 Å². The fourth-order valence-electron chi connectivity index (χ4n) is 3.44. The van der Waals surface area contributed by atoms with Crippen molar-refractivity contribution in [1.82, 2.24) is 25.3 Å². The lowest BCUT2D eigenvalue weighted by Crippen LogP contribution is -2.38. The Morgan fingerprint density at radius 3 is 2.68 bits per heavy atom. The number of amides is 2. The third-order valence-electron chi connectivity index (χ3n) is 4.85. The Bertz CT molecular complexity index is 770. The van der Waals surface area contributed by atoms with Gasteiger partial charge in [0.1, 0.15) is 0 Å². The predicted molar refractivity (Wildman–Crippen MR) is 94.7 cm³/mol. The number of rotatable bonds is 2. The molecule has 1 fully saturated rings. The second-order valence-electron chi connectivity index (χ2n) is 6.41. The normalized spacial score (nSPS) is 17.9. The van der Waals surface area contributed by atoms with Crippen molar-refractivity contribution in [3.63, 3.8) is 0 Å². The van der Waals surface area contributed by atoms with Gasteiger partial charge in [0.15, 0.2) is 5.69 Å². The van der Waals surface area contributed by atoms with Gasteiger partial charge in [0.25, 0.3) is 11.8 Å². The van der Waals surface area contributed by atoms with Gasteiger partial charge < -0.3 is 15.1 Å². The van der Waals surface area contributed by atoms with Crippen LogP contribution in [0.25, 0.3) is 0 Å². The third kappa shape index (κ3) is 3.19. The van der Waals surface area contributed by atoms with Gasteiger partial charge in [-0.2, -0.15) is 16.4 Å². The molecule has 4 rings (SSSR count). The minimum atomic E-state index is -0.0361. The lowest BCUT2D eigenvalue weighted by Gasteiger charge is -2.22. The topological polar surface area (TPSA) is 81.3 Å². The molecule has 0 radical (unpaired) electrons. The minimum Gasteiger partial charge on any atom is -0.337 e. The number of carbonyl (C=O) groups is 2. The van der Waals surface area contributed by atoms with Crippen LogP contribution in [0.4, 0.5) is 0 Å². The summed E-state index contributed by atoms with van der Waals surface area (Å²) in [6.07, 6.45) is 1.66. The van der Waals surface area contributed by atoms with E-state index in [-0.39, 0.29) is 11.8 Å². The number of carbonyl (C=O) groups excluding carboxylic acids is 2. The Labute approximate surface area is 150 Å². The van der Waals surface area contributed by atoms with E-state index >= 15 is 0 Å². The highest BCUT2D eigenvalue weighted by Gasteiger charge is 2.28. The lowest BCUT2D eigenvalue weighted by atomic mass is 10.1. The Hall–Kier alpha value is -2.19. The largest absolute Gasteiger partial charge is 0.337 e. The van der Waals surface area contributed by atoms with Crippen molar-refractivity contribution in [2.75, 3.05) is 32.7 Å². The number of thiophene rings is 1. The van der Waals surface area contributed by atoms with Crippen LogP contribution in [0.5, 0.6) is 0 Å². The molecule has 2 N–H and O–H groups in total. The summed E-state index contributed by atoms with van der Waals surface area (Å²) in [6, 6.07) is 1.85.